The van der Waals surface area contributed by atoms with Gasteiger partial charge in [0.2, 0.25) is 0 Å². The van der Waals surface area contributed by atoms with Gasteiger partial charge in [-0.1, -0.05) is 55.8 Å². The SMILES string of the molecule is Cc1ccc(N2C(=O)C(=Cc3ccc(C(C)C)cc3)NC2=S)cc1. The lowest BCUT2D eigenvalue weighted by molar-refractivity contribution is -0.113. The van der Waals surface area contributed by atoms with Gasteiger partial charge in [-0.05, 0) is 54.4 Å². The van der Waals surface area contributed by atoms with Crippen LogP contribution in [-0.4, -0.2) is 11.0 Å². The molecule has 1 aliphatic rings. The highest BCUT2D eigenvalue weighted by atomic mass is 32.1. The first-order valence-corrected chi connectivity index (χ1v) is 8.40. The molecule has 1 amide bonds. The summed E-state index contributed by atoms with van der Waals surface area (Å²) in [5.74, 6) is 0.360. The van der Waals surface area contributed by atoms with E-state index < -0.39 is 0 Å². The number of nitrogens with one attached hydrogen (secondary N) is 1. The summed E-state index contributed by atoms with van der Waals surface area (Å²) in [6, 6.07) is 16.0. The molecule has 0 unspecified atom stereocenters. The van der Waals surface area contributed by atoms with E-state index in [9.17, 15) is 4.79 Å². The van der Waals surface area contributed by atoms with Crippen LogP contribution in [0.25, 0.3) is 6.08 Å². The lowest BCUT2D eigenvalue weighted by Crippen LogP contribution is -2.30. The molecule has 1 saturated heterocycles. The number of aryl methyl sites for hydroxylation is 1. The van der Waals surface area contributed by atoms with Gasteiger partial charge in [-0.2, -0.15) is 0 Å². The number of benzene rings is 2. The summed E-state index contributed by atoms with van der Waals surface area (Å²) in [7, 11) is 0. The van der Waals surface area contributed by atoms with Crippen LogP contribution in [0.3, 0.4) is 0 Å². The molecule has 1 aliphatic heterocycles. The standard InChI is InChI=1S/C20H20N2OS/c1-13(2)16-8-6-15(7-9-16)12-18-19(23)22(20(24)21-18)17-10-4-14(3)5-11-17/h4-13H,1-3H3,(H,21,24). The molecule has 1 N–H and O–H groups in total. The van der Waals surface area contributed by atoms with E-state index in [4.69, 9.17) is 12.2 Å². The Kier molecular flexibility index (Phi) is 4.49. The molecule has 0 bridgehead atoms. The third-order valence-corrected chi connectivity index (χ3v) is 4.37. The number of hydrogen-bond donors (Lipinski definition) is 1. The van der Waals surface area contributed by atoms with Gasteiger partial charge in [-0.3, -0.25) is 9.69 Å². The lowest BCUT2D eigenvalue weighted by Gasteiger charge is -2.13. The zero-order valence-electron chi connectivity index (χ0n) is 14.0. The zero-order valence-corrected chi connectivity index (χ0v) is 14.9. The first kappa shape index (κ1) is 16.4. The molecule has 0 radical (unpaired) electrons. The van der Waals surface area contributed by atoms with E-state index >= 15 is 0 Å². The number of hydrogen-bond acceptors (Lipinski definition) is 2. The third kappa shape index (κ3) is 3.24. The minimum Gasteiger partial charge on any atom is -0.327 e. The van der Waals surface area contributed by atoms with Gasteiger partial charge in [0.1, 0.15) is 5.70 Å². The van der Waals surface area contributed by atoms with Crippen LogP contribution in [0.4, 0.5) is 5.69 Å². The smallest absolute Gasteiger partial charge is 0.281 e. The van der Waals surface area contributed by atoms with E-state index in [-0.39, 0.29) is 5.91 Å². The first-order chi connectivity index (χ1) is 11.5. The quantitative estimate of drug-likeness (QED) is 0.667. The summed E-state index contributed by atoms with van der Waals surface area (Å²) in [4.78, 5) is 14.2. The Labute approximate surface area is 148 Å². The van der Waals surface area contributed by atoms with Gasteiger partial charge in [-0.15, -0.1) is 0 Å². The van der Waals surface area contributed by atoms with Crippen molar-refractivity contribution in [3.8, 4) is 0 Å². The van der Waals surface area contributed by atoms with Crippen LogP contribution in [-0.2, 0) is 4.79 Å². The normalized spacial score (nSPS) is 16.2. The zero-order chi connectivity index (χ0) is 17.3. The highest BCUT2D eigenvalue weighted by molar-refractivity contribution is 7.80. The number of thiocarbonyl (C=S) groups is 1. The van der Waals surface area contributed by atoms with Crippen molar-refractivity contribution in [1.29, 1.82) is 0 Å². The van der Waals surface area contributed by atoms with Crippen LogP contribution in [0.2, 0.25) is 0 Å². The van der Waals surface area contributed by atoms with E-state index in [0.717, 1.165) is 16.8 Å². The van der Waals surface area contributed by atoms with E-state index in [0.29, 0.717) is 16.7 Å². The topological polar surface area (TPSA) is 32.3 Å². The summed E-state index contributed by atoms with van der Waals surface area (Å²) >= 11 is 5.33. The lowest BCUT2D eigenvalue weighted by atomic mass is 10.0. The summed E-state index contributed by atoms with van der Waals surface area (Å²) in [6.45, 7) is 6.33. The van der Waals surface area contributed by atoms with E-state index in [2.05, 4.69) is 31.3 Å². The molecule has 3 nitrogen and oxygen atoms in total. The molecular formula is C20H20N2OS. The molecule has 2 aromatic carbocycles. The molecule has 122 valence electrons. The Morgan fingerprint density at radius 3 is 2.25 bits per heavy atom. The average Bonchev–Trinajstić information content (AvgIpc) is 2.83. The van der Waals surface area contributed by atoms with Gasteiger partial charge in [0.15, 0.2) is 5.11 Å². The summed E-state index contributed by atoms with van der Waals surface area (Å²) in [5.41, 5.74) is 4.67. The minimum atomic E-state index is -0.128. The molecule has 3 rings (SSSR count). The molecule has 1 fully saturated rings. The van der Waals surface area contributed by atoms with Crippen molar-refractivity contribution in [2.75, 3.05) is 4.90 Å². The average molecular weight is 336 g/mol. The second-order valence-corrected chi connectivity index (χ2v) is 6.67. The Morgan fingerprint density at radius 1 is 1.04 bits per heavy atom. The van der Waals surface area contributed by atoms with Gasteiger partial charge in [-0.25, -0.2) is 0 Å². The number of nitrogens with zero attached hydrogens (tertiary/aromatic N) is 1. The number of carbonyl (C=O) groups excluding carboxylic acids is 1. The molecule has 24 heavy (non-hydrogen) atoms. The summed E-state index contributed by atoms with van der Waals surface area (Å²) in [5, 5.41) is 3.43. The van der Waals surface area contributed by atoms with Crippen molar-refractivity contribution in [3.05, 3.63) is 70.9 Å². The van der Waals surface area contributed by atoms with Crippen molar-refractivity contribution in [3.63, 3.8) is 0 Å². The molecule has 2 aromatic rings. The van der Waals surface area contributed by atoms with E-state index in [1.54, 1.807) is 0 Å². The van der Waals surface area contributed by atoms with Crippen LogP contribution < -0.4 is 10.2 Å². The second kappa shape index (κ2) is 6.57. The fourth-order valence-electron chi connectivity index (χ4n) is 2.61. The van der Waals surface area contributed by atoms with Gasteiger partial charge in [0, 0.05) is 0 Å². The minimum absolute atomic E-state index is 0.128. The first-order valence-electron chi connectivity index (χ1n) is 7.99. The highest BCUT2D eigenvalue weighted by Crippen LogP contribution is 2.23. The van der Waals surface area contributed by atoms with Crippen LogP contribution in [0.15, 0.2) is 54.2 Å². The van der Waals surface area contributed by atoms with Crippen molar-refractivity contribution in [1.82, 2.24) is 5.32 Å². The molecule has 0 aromatic heterocycles. The predicted octanol–water partition coefficient (Wildman–Crippen LogP) is 4.38. The van der Waals surface area contributed by atoms with E-state index in [1.165, 1.54) is 10.5 Å². The maximum absolute atomic E-state index is 12.7. The number of amides is 1. The van der Waals surface area contributed by atoms with Crippen molar-refractivity contribution in [2.45, 2.75) is 26.7 Å². The van der Waals surface area contributed by atoms with Crippen LogP contribution in [0, 0.1) is 6.92 Å². The molecule has 1 heterocycles. The highest BCUT2D eigenvalue weighted by Gasteiger charge is 2.31. The predicted molar refractivity (Wildman–Crippen MR) is 103 cm³/mol. The van der Waals surface area contributed by atoms with Gasteiger partial charge in [0.05, 0.1) is 5.69 Å². The Hall–Kier alpha value is -2.46. The van der Waals surface area contributed by atoms with Gasteiger partial charge >= 0.3 is 0 Å². The van der Waals surface area contributed by atoms with Gasteiger partial charge < -0.3 is 5.32 Å². The number of rotatable bonds is 3. The number of carbonyl (C=O) groups is 1. The fourth-order valence-corrected chi connectivity index (χ4v) is 2.91. The van der Waals surface area contributed by atoms with Crippen LogP contribution >= 0.6 is 12.2 Å². The van der Waals surface area contributed by atoms with E-state index in [1.807, 2.05) is 49.4 Å². The summed E-state index contributed by atoms with van der Waals surface area (Å²) < 4.78 is 0. The fraction of sp³-hybridized carbons (Fsp3) is 0.200. The maximum Gasteiger partial charge on any atom is 0.281 e. The van der Waals surface area contributed by atoms with Crippen molar-refractivity contribution in [2.24, 2.45) is 0 Å². The Morgan fingerprint density at radius 2 is 1.67 bits per heavy atom. The molecule has 4 heteroatoms. The third-order valence-electron chi connectivity index (χ3n) is 4.08. The molecular weight excluding hydrogens is 316 g/mol. The molecule has 0 atom stereocenters. The molecule has 0 saturated carbocycles. The van der Waals surface area contributed by atoms with Crippen molar-refractivity contribution < 1.29 is 4.79 Å². The van der Waals surface area contributed by atoms with Crippen LogP contribution in [0.5, 0.6) is 0 Å². The second-order valence-electron chi connectivity index (χ2n) is 6.29. The monoisotopic (exact) mass is 336 g/mol. The van der Waals surface area contributed by atoms with Gasteiger partial charge in [0.25, 0.3) is 5.91 Å². The summed E-state index contributed by atoms with van der Waals surface area (Å²) in [6.07, 6.45) is 1.84. The Balaban J connectivity index is 1.86. The number of anilines is 1. The largest absolute Gasteiger partial charge is 0.327 e. The molecule has 0 aliphatic carbocycles. The van der Waals surface area contributed by atoms with Crippen molar-refractivity contribution >= 4 is 35.0 Å². The molecule has 0 spiro atoms. The van der Waals surface area contributed by atoms with Crippen LogP contribution in [0.1, 0.15) is 36.5 Å². The Bertz CT molecular complexity index is 805. The maximum atomic E-state index is 12.7.